The summed E-state index contributed by atoms with van der Waals surface area (Å²) in [5.74, 6) is -0.858. The molecule has 1 fully saturated rings. The molecule has 1 aromatic heterocycles. The molecule has 2 heterocycles. The molecule has 3 rings (SSSR count). The van der Waals surface area contributed by atoms with Crippen LogP contribution in [0.3, 0.4) is 0 Å². The number of hydrogen-bond acceptors (Lipinski definition) is 4. The molecule has 0 bridgehead atoms. The van der Waals surface area contributed by atoms with Gasteiger partial charge in [-0.05, 0) is 42.1 Å². The van der Waals surface area contributed by atoms with Gasteiger partial charge in [0, 0.05) is 17.6 Å². The van der Waals surface area contributed by atoms with Gasteiger partial charge in [0.2, 0.25) is 5.91 Å². The van der Waals surface area contributed by atoms with Crippen LogP contribution in [0, 0.1) is 5.82 Å². The number of rotatable bonds is 3. The first-order chi connectivity index (χ1) is 11.4. The predicted octanol–water partition coefficient (Wildman–Crippen LogP) is 2.11. The van der Waals surface area contributed by atoms with E-state index >= 15 is 0 Å². The van der Waals surface area contributed by atoms with Gasteiger partial charge in [-0.25, -0.2) is 4.39 Å². The molecule has 1 amide bonds. The van der Waals surface area contributed by atoms with Crippen molar-refractivity contribution >= 4 is 33.1 Å². The van der Waals surface area contributed by atoms with Gasteiger partial charge in [-0.3, -0.25) is 4.79 Å². The molecule has 2 N–H and O–H groups in total. The summed E-state index contributed by atoms with van der Waals surface area (Å²) in [5.41, 5.74) is 0.415. The van der Waals surface area contributed by atoms with Crippen LogP contribution in [0.2, 0.25) is 0 Å². The van der Waals surface area contributed by atoms with E-state index in [1.807, 2.05) is 17.5 Å². The molecule has 0 saturated carbocycles. The lowest BCUT2D eigenvalue weighted by atomic mass is 10.1. The zero-order chi connectivity index (χ0) is 17.3. The smallest absolute Gasteiger partial charge is 0.280 e. The number of carbonyl (C=O) groups excluding carboxylic acids is 1. The van der Waals surface area contributed by atoms with E-state index in [4.69, 9.17) is 0 Å². The molecule has 1 aliphatic rings. The fourth-order valence-electron chi connectivity index (χ4n) is 2.54. The maximum Gasteiger partial charge on any atom is 0.280 e. The maximum atomic E-state index is 12.9. The van der Waals surface area contributed by atoms with E-state index < -0.39 is 34.0 Å². The molecule has 2 atom stereocenters. The van der Waals surface area contributed by atoms with Gasteiger partial charge in [-0.15, -0.1) is 11.3 Å². The van der Waals surface area contributed by atoms with Crippen molar-refractivity contribution in [2.75, 3.05) is 12.4 Å². The average Bonchev–Trinajstić information content (AvgIpc) is 3.06. The molecule has 128 valence electrons. The molecule has 2 aromatic rings. The summed E-state index contributed by atoms with van der Waals surface area (Å²) < 4.78 is 41.1. The van der Waals surface area contributed by atoms with Gasteiger partial charge >= 0.3 is 0 Å². The Bertz CT molecular complexity index is 822. The number of benzene rings is 1. The number of nitrogens with zero attached hydrogens (tertiary/aromatic N) is 1. The summed E-state index contributed by atoms with van der Waals surface area (Å²) >= 11 is 1.43. The number of likely N-dealkylation sites (N-methyl/N-ethyl adjacent to an activating group) is 1. The largest absolute Gasteiger partial charge is 0.325 e. The number of hydrogen-bond donors (Lipinski definition) is 2. The number of nitrogens with one attached hydrogen (secondary N) is 2. The van der Waals surface area contributed by atoms with Crippen LogP contribution in [-0.2, 0) is 15.0 Å². The third-order valence-corrected chi connectivity index (χ3v) is 6.45. The monoisotopic (exact) mass is 369 g/mol. The lowest BCUT2D eigenvalue weighted by Gasteiger charge is -2.35. The lowest BCUT2D eigenvalue weighted by molar-refractivity contribution is -0.120. The van der Waals surface area contributed by atoms with Crippen LogP contribution in [0.5, 0.6) is 0 Å². The summed E-state index contributed by atoms with van der Waals surface area (Å²) in [7, 11) is -2.40. The standard InChI is InChI=1S/C15H16FN3O3S2/c1-19-13(15(20)17-11-6-4-10(16)5-7-11)9-12(18-24(19,21)22)14-3-2-8-23-14/h2-8,12-13,18H,9H2,1H3,(H,17,20)/t12-,13+/m1/s1. The second-order valence-corrected chi connectivity index (χ2v) is 8.20. The molecule has 24 heavy (non-hydrogen) atoms. The van der Waals surface area contributed by atoms with Crippen molar-refractivity contribution in [2.24, 2.45) is 0 Å². The Kier molecular flexibility index (Phi) is 4.68. The van der Waals surface area contributed by atoms with Crippen molar-refractivity contribution in [1.82, 2.24) is 9.03 Å². The van der Waals surface area contributed by atoms with Crippen LogP contribution in [0.15, 0.2) is 41.8 Å². The van der Waals surface area contributed by atoms with Crippen LogP contribution < -0.4 is 10.0 Å². The zero-order valence-corrected chi connectivity index (χ0v) is 14.4. The molecule has 0 aliphatic carbocycles. The topological polar surface area (TPSA) is 78.5 Å². The maximum absolute atomic E-state index is 12.9. The zero-order valence-electron chi connectivity index (χ0n) is 12.8. The molecule has 9 heteroatoms. The fraction of sp³-hybridized carbons (Fsp3) is 0.267. The first-order valence-corrected chi connectivity index (χ1v) is 9.54. The third-order valence-electron chi connectivity index (χ3n) is 3.87. The number of halogens is 1. The fourth-order valence-corrected chi connectivity index (χ4v) is 4.68. The molecule has 6 nitrogen and oxygen atoms in total. The summed E-state index contributed by atoms with van der Waals surface area (Å²) in [4.78, 5) is 13.4. The van der Waals surface area contributed by atoms with Crippen LogP contribution in [0.4, 0.5) is 10.1 Å². The van der Waals surface area contributed by atoms with Crippen molar-refractivity contribution in [3.05, 3.63) is 52.5 Å². The summed E-state index contributed by atoms with van der Waals surface area (Å²) in [5, 5.41) is 4.49. The first kappa shape index (κ1) is 17.0. The Morgan fingerprint density at radius 1 is 1.33 bits per heavy atom. The minimum absolute atomic E-state index is 0.309. The number of thiophene rings is 1. The number of amides is 1. The van der Waals surface area contributed by atoms with Crippen molar-refractivity contribution in [3.63, 3.8) is 0 Å². The molecule has 0 unspecified atom stereocenters. The van der Waals surface area contributed by atoms with Gasteiger partial charge in [-0.1, -0.05) is 6.07 Å². The third kappa shape index (κ3) is 3.48. The number of carbonyl (C=O) groups is 1. The van der Waals surface area contributed by atoms with E-state index in [0.29, 0.717) is 12.1 Å². The Labute approximate surface area is 143 Å². The van der Waals surface area contributed by atoms with Gasteiger partial charge in [0.25, 0.3) is 10.2 Å². The first-order valence-electron chi connectivity index (χ1n) is 7.22. The lowest BCUT2D eigenvalue weighted by Crippen LogP contribution is -2.55. The summed E-state index contributed by atoms with van der Waals surface area (Å²) in [6.45, 7) is 0. The van der Waals surface area contributed by atoms with Crippen LogP contribution in [-0.4, -0.2) is 31.7 Å². The average molecular weight is 369 g/mol. The van der Waals surface area contributed by atoms with Gasteiger partial charge in [-0.2, -0.15) is 17.4 Å². The highest BCUT2D eigenvalue weighted by Crippen LogP contribution is 2.30. The van der Waals surface area contributed by atoms with Crippen molar-refractivity contribution in [2.45, 2.75) is 18.5 Å². The van der Waals surface area contributed by atoms with Gasteiger partial charge in [0.15, 0.2) is 0 Å². The quantitative estimate of drug-likeness (QED) is 0.870. The van der Waals surface area contributed by atoms with Crippen molar-refractivity contribution < 1.29 is 17.6 Å². The van der Waals surface area contributed by atoms with Crippen molar-refractivity contribution in [1.29, 1.82) is 0 Å². The SMILES string of the molecule is CN1[C@H](C(=O)Nc2ccc(F)cc2)C[C@H](c2cccs2)NS1(=O)=O. The highest BCUT2D eigenvalue weighted by molar-refractivity contribution is 7.87. The molecular formula is C15H16FN3O3S2. The molecule has 1 aromatic carbocycles. The Morgan fingerprint density at radius 2 is 2.04 bits per heavy atom. The van der Waals surface area contributed by atoms with E-state index in [9.17, 15) is 17.6 Å². The predicted molar refractivity (Wildman–Crippen MR) is 90.3 cm³/mol. The Hall–Kier alpha value is -1.81. The molecule has 1 aliphatic heterocycles. The van der Waals surface area contributed by atoms with E-state index in [-0.39, 0.29) is 0 Å². The minimum Gasteiger partial charge on any atom is -0.325 e. The van der Waals surface area contributed by atoms with Gasteiger partial charge in [0.1, 0.15) is 11.9 Å². The van der Waals surface area contributed by atoms with E-state index in [2.05, 4.69) is 10.0 Å². The molecule has 0 radical (unpaired) electrons. The number of anilines is 1. The second kappa shape index (κ2) is 6.60. The van der Waals surface area contributed by atoms with E-state index in [1.165, 1.54) is 42.6 Å². The van der Waals surface area contributed by atoms with E-state index in [1.54, 1.807) is 0 Å². The van der Waals surface area contributed by atoms with Crippen LogP contribution in [0.1, 0.15) is 17.3 Å². The van der Waals surface area contributed by atoms with E-state index in [0.717, 1.165) is 9.18 Å². The highest BCUT2D eigenvalue weighted by Gasteiger charge is 2.40. The van der Waals surface area contributed by atoms with Gasteiger partial charge < -0.3 is 5.32 Å². The van der Waals surface area contributed by atoms with Crippen LogP contribution in [0.25, 0.3) is 0 Å². The minimum atomic E-state index is -3.76. The Balaban J connectivity index is 1.81. The van der Waals surface area contributed by atoms with Gasteiger partial charge in [0.05, 0.1) is 6.04 Å². The summed E-state index contributed by atoms with van der Waals surface area (Å²) in [6.07, 6.45) is 0.309. The summed E-state index contributed by atoms with van der Waals surface area (Å²) in [6, 6.07) is 7.68. The van der Waals surface area contributed by atoms with Crippen molar-refractivity contribution in [3.8, 4) is 0 Å². The normalized spacial score (nSPS) is 23.8. The molecule has 1 saturated heterocycles. The molecule has 0 spiro atoms. The van der Waals surface area contributed by atoms with Crippen LogP contribution >= 0.6 is 11.3 Å². The Morgan fingerprint density at radius 3 is 2.67 bits per heavy atom. The molecular weight excluding hydrogens is 353 g/mol. The highest BCUT2D eigenvalue weighted by atomic mass is 32.2. The second-order valence-electron chi connectivity index (χ2n) is 5.45.